The summed E-state index contributed by atoms with van der Waals surface area (Å²) in [6, 6.07) is 0. The molecule has 0 aliphatic heterocycles. The van der Waals surface area contributed by atoms with Crippen molar-refractivity contribution in [3.63, 3.8) is 0 Å². The molecule has 0 spiro atoms. The number of carboxylic acid groups (broad SMARTS) is 2. The van der Waals surface area contributed by atoms with Gasteiger partial charge in [0.15, 0.2) is 12.0 Å². The van der Waals surface area contributed by atoms with E-state index in [9.17, 15) is 14.4 Å². The molecule has 1 aromatic heterocycles. The number of rotatable bonds is 5. The van der Waals surface area contributed by atoms with Gasteiger partial charge in [0.1, 0.15) is 0 Å². The van der Waals surface area contributed by atoms with Gasteiger partial charge in [-0.05, 0) is 0 Å². The van der Waals surface area contributed by atoms with E-state index in [0.717, 1.165) is 6.26 Å². The Bertz CT molecular complexity index is 403. The molecule has 2 N–H and O–H groups in total. The molecule has 1 heterocycles. The minimum absolute atomic E-state index is 0.125. The molecule has 1 rings (SSSR count). The summed E-state index contributed by atoms with van der Waals surface area (Å²) >= 11 is 0. The Kier molecular flexibility index (Phi) is 3.22. The molecule has 0 aliphatic carbocycles. The lowest BCUT2D eigenvalue weighted by Crippen LogP contribution is -2.07. The van der Waals surface area contributed by atoms with Crippen LogP contribution in [-0.2, 0) is 22.4 Å². The highest BCUT2D eigenvalue weighted by Gasteiger charge is 2.17. The molecule has 0 aromatic carbocycles. The summed E-state index contributed by atoms with van der Waals surface area (Å²) in [5.74, 6) is -2.39. The first-order chi connectivity index (χ1) is 7.04. The van der Waals surface area contributed by atoms with E-state index in [2.05, 4.69) is 0 Å². The van der Waals surface area contributed by atoms with Gasteiger partial charge < -0.3 is 14.6 Å². The van der Waals surface area contributed by atoms with Gasteiger partial charge in [0.05, 0.1) is 19.1 Å². The predicted molar refractivity (Wildman–Crippen MR) is 46.8 cm³/mol. The second-order valence-electron chi connectivity index (χ2n) is 2.86. The quantitative estimate of drug-likeness (QED) is 0.682. The Morgan fingerprint density at radius 2 is 1.87 bits per heavy atom. The largest absolute Gasteiger partial charge is 0.481 e. The first-order valence-electron chi connectivity index (χ1n) is 4.02. The molecule has 6 nitrogen and oxygen atoms in total. The second kappa shape index (κ2) is 4.41. The number of aldehydes is 1. The Hall–Kier alpha value is -2.11. The SMILES string of the molecule is O=Cc1occ(CC(=O)O)c1CC(=O)O. The molecule has 0 amide bonds. The number of carbonyl (C=O) groups excluding carboxylic acids is 1. The van der Waals surface area contributed by atoms with Gasteiger partial charge in [-0.2, -0.15) is 0 Å². The van der Waals surface area contributed by atoms with Crippen LogP contribution in [0.3, 0.4) is 0 Å². The van der Waals surface area contributed by atoms with E-state index in [0.29, 0.717) is 6.29 Å². The number of carboxylic acids is 2. The molecule has 0 saturated heterocycles. The first-order valence-corrected chi connectivity index (χ1v) is 4.02. The van der Waals surface area contributed by atoms with Crippen LogP contribution in [0.25, 0.3) is 0 Å². The van der Waals surface area contributed by atoms with Gasteiger partial charge in [0.2, 0.25) is 0 Å². The molecule has 0 saturated carbocycles. The van der Waals surface area contributed by atoms with Gasteiger partial charge in [-0.25, -0.2) is 0 Å². The van der Waals surface area contributed by atoms with E-state index in [1.807, 2.05) is 0 Å². The van der Waals surface area contributed by atoms with Gasteiger partial charge in [-0.1, -0.05) is 0 Å². The fourth-order valence-corrected chi connectivity index (χ4v) is 1.20. The zero-order valence-corrected chi connectivity index (χ0v) is 7.60. The molecule has 6 heteroatoms. The fraction of sp³-hybridized carbons (Fsp3) is 0.222. The predicted octanol–water partition coefficient (Wildman–Crippen LogP) is 0.346. The van der Waals surface area contributed by atoms with Gasteiger partial charge in [0, 0.05) is 11.1 Å². The Balaban J connectivity index is 3.04. The lowest BCUT2D eigenvalue weighted by Gasteiger charge is -1.97. The summed E-state index contributed by atoms with van der Waals surface area (Å²) in [6.45, 7) is 0. The summed E-state index contributed by atoms with van der Waals surface area (Å²) in [4.78, 5) is 31.4. The first kappa shape index (κ1) is 11.0. The average molecular weight is 212 g/mol. The topological polar surface area (TPSA) is 105 Å². The van der Waals surface area contributed by atoms with E-state index in [1.54, 1.807) is 0 Å². The molecule has 1 aromatic rings. The molecule has 0 fully saturated rings. The fourth-order valence-electron chi connectivity index (χ4n) is 1.20. The van der Waals surface area contributed by atoms with Crippen LogP contribution in [0.15, 0.2) is 10.7 Å². The lowest BCUT2D eigenvalue weighted by molar-refractivity contribution is -0.137. The molecule has 0 unspecified atom stereocenters. The molecular weight excluding hydrogens is 204 g/mol. The second-order valence-corrected chi connectivity index (χ2v) is 2.86. The Labute approximate surface area is 84.1 Å². The smallest absolute Gasteiger partial charge is 0.307 e. The van der Waals surface area contributed by atoms with Crippen LogP contribution in [-0.4, -0.2) is 28.4 Å². The van der Waals surface area contributed by atoms with Crippen molar-refractivity contribution in [3.05, 3.63) is 23.2 Å². The molecule has 15 heavy (non-hydrogen) atoms. The van der Waals surface area contributed by atoms with Crippen LogP contribution >= 0.6 is 0 Å². The minimum atomic E-state index is -1.15. The third-order valence-electron chi connectivity index (χ3n) is 1.79. The number of hydrogen-bond acceptors (Lipinski definition) is 4. The number of hydrogen-bond donors (Lipinski definition) is 2. The maximum absolute atomic E-state index is 10.5. The highest BCUT2D eigenvalue weighted by atomic mass is 16.4. The molecule has 0 atom stereocenters. The molecular formula is C9H8O6. The summed E-state index contributed by atoms with van der Waals surface area (Å²) in [5, 5.41) is 17.1. The lowest BCUT2D eigenvalue weighted by atomic mass is 10.1. The van der Waals surface area contributed by atoms with Crippen LogP contribution in [0.1, 0.15) is 21.7 Å². The van der Waals surface area contributed by atoms with Crippen LogP contribution in [0, 0.1) is 0 Å². The van der Waals surface area contributed by atoms with Crippen molar-refractivity contribution in [2.75, 3.05) is 0 Å². The summed E-state index contributed by atoms with van der Waals surface area (Å²) < 4.78 is 4.75. The van der Waals surface area contributed by atoms with Crippen molar-refractivity contribution < 1.29 is 29.0 Å². The van der Waals surface area contributed by atoms with Gasteiger partial charge in [-0.3, -0.25) is 14.4 Å². The maximum atomic E-state index is 10.5. The van der Waals surface area contributed by atoms with Crippen molar-refractivity contribution in [1.82, 2.24) is 0 Å². The average Bonchev–Trinajstić information content (AvgIpc) is 2.47. The molecule has 0 bridgehead atoms. The minimum Gasteiger partial charge on any atom is -0.481 e. The van der Waals surface area contributed by atoms with E-state index in [1.165, 1.54) is 0 Å². The van der Waals surface area contributed by atoms with E-state index in [-0.39, 0.29) is 23.3 Å². The maximum Gasteiger partial charge on any atom is 0.307 e. The van der Waals surface area contributed by atoms with E-state index < -0.39 is 18.4 Å². The zero-order chi connectivity index (χ0) is 11.4. The van der Waals surface area contributed by atoms with Crippen molar-refractivity contribution in [3.8, 4) is 0 Å². The van der Waals surface area contributed by atoms with Crippen LogP contribution in [0.5, 0.6) is 0 Å². The van der Waals surface area contributed by atoms with Crippen molar-refractivity contribution in [2.45, 2.75) is 12.8 Å². The summed E-state index contributed by atoms with van der Waals surface area (Å²) in [6.07, 6.45) is 0.674. The summed E-state index contributed by atoms with van der Waals surface area (Å²) in [7, 11) is 0. The van der Waals surface area contributed by atoms with Crippen molar-refractivity contribution >= 4 is 18.2 Å². The van der Waals surface area contributed by atoms with Crippen LogP contribution in [0.2, 0.25) is 0 Å². The van der Waals surface area contributed by atoms with Gasteiger partial charge in [-0.15, -0.1) is 0 Å². The van der Waals surface area contributed by atoms with E-state index >= 15 is 0 Å². The standard InChI is InChI=1S/C9H8O6/c10-3-7-6(2-9(13)14)5(4-15-7)1-8(11)12/h3-4H,1-2H2,(H,11,12)(H,13,14). The normalized spacial score (nSPS) is 9.87. The number of carbonyl (C=O) groups is 3. The molecule has 0 aliphatic rings. The van der Waals surface area contributed by atoms with Crippen molar-refractivity contribution in [1.29, 1.82) is 0 Å². The van der Waals surface area contributed by atoms with E-state index in [4.69, 9.17) is 14.6 Å². The summed E-state index contributed by atoms with van der Waals surface area (Å²) in [5.41, 5.74) is 0.340. The van der Waals surface area contributed by atoms with Crippen LogP contribution in [0.4, 0.5) is 0 Å². The zero-order valence-electron chi connectivity index (χ0n) is 7.60. The monoisotopic (exact) mass is 212 g/mol. The number of aliphatic carboxylic acids is 2. The van der Waals surface area contributed by atoms with Gasteiger partial charge in [0.25, 0.3) is 0 Å². The molecule has 0 radical (unpaired) electrons. The molecule has 80 valence electrons. The third-order valence-corrected chi connectivity index (χ3v) is 1.79. The third kappa shape index (κ3) is 2.67. The van der Waals surface area contributed by atoms with Crippen molar-refractivity contribution in [2.24, 2.45) is 0 Å². The Morgan fingerprint density at radius 1 is 1.27 bits per heavy atom. The number of furan rings is 1. The Morgan fingerprint density at radius 3 is 2.33 bits per heavy atom. The van der Waals surface area contributed by atoms with Crippen LogP contribution < -0.4 is 0 Å². The van der Waals surface area contributed by atoms with Gasteiger partial charge >= 0.3 is 11.9 Å². The highest BCUT2D eigenvalue weighted by Crippen LogP contribution is 2.17. The highest BCUT2D eigenvalue weighted by molar-refractivity contribution is 5.81.